The molecular formula is C10H21N3. The van der Waals surface area contributed by atoms with Gasteiger partial charge < -0.3 is 10.6 Å². The van der Waals surface area contributed by atoms with Crippen molar-refractivity contribution in [1.82, 2.24) is 4.90 Å². The number of aliphatic imine (C=N–C) groups is 1. The molecule has 0 bridgehead atoms. The van der Waals surface area contributed by atoms with E-state index in [-0.39, 0.29) is 5.54 Å². The second-order valence-corrected chi connectivity index (χ2v) is 4.15. The fourth-order valence-electron chi connectivity index (χ4n) is 1.90. The molecule has 0 saturated heterocycles. The SMILES string of the molecule is CCC(C)N1C(N)=NCC1(C)CC. The van der Waals surface area contributed by atoms with Gasteiger partial charge in [0.25, 0.3) is 0 Å². The highest BCUT2D eigenvalue weighted by molar-refractivity contribution is 5.81. The topological polar surface area (TPSA) is 41.6 Å². The van der Waals surface area contributed by atoms with E-state index in [0.717, 1.165) is 25.3 Å². The normalized spacial score (nSPS) is 30.5. The summed E-state index contributed by atoms with van der Waals surface area (Å²) in [4.78, 5) is 6.60. The Bertz CT molecular complexity index is 212. The standard InChI is InChI=1S/C10H21N3/c1-5-8(3)13-9(11)12-7-10(13,4)6-2/h8H,5-7H2,1-4H3,(H2,11,12). The highest BCUT2D eigenvalue weighted by atomic mass is 15.4. The maximum absolute atomic E-state index is 5.88. The van der Waals surface area contributed by atoms with Crippen LogP contribution in [0.2, 0.25) is 0 Å². The lowest BCUT2D eigenvalue weighted by molar-refractivity contribution is 0.166. The highest BCUT2D eigenvalue weighted by Gasteiger charge is 2.38. The summed E-state index contributed by atoms with van der Waals surface area (Å²) in [6.45, 7) is 9.68. The molecule has 0 radical (unpaired) electrons. The summed E-state index contributed by atoms with van der Waals surface area (Å²) < 4.78 is 0. The Morgan fingerprint density at radius 3 is 2.69 bits per heavy atom. The van der Waals surface area contributed by atoms with E-state index in [2.05, 4.69) is 37.6 Å². The van der Waals surface area contributed by atoms with E-state index >= 15 is 0 Å². The van der Waals surface area contributed by atoms with Gasteiger partial charge in [0.15, 0.2) is 5.96 Å². The Kier molecular flexibility index (Phi) is 2.84. The molecule has 13 heavy (non-hydrogen) atoms. The Balaban J connectivity index is 2.83. The van der Waals surface area contributed by atoms with Gasteiger partial charge in [0.1, 0.15) is 0 Å². The summed E-state index contributed by atoms with van der Waals surface area (Å²) in [5, 5.41) is 0. The van der Waals surface area contributed by atoms with Crippen LogP contribution in [0.25, 0.3) is 0 Å². The Hall–Kier alpha value is -0.730. The summed E-state index contributed by atoms with van der Waals surface area (Å²) in [5.41, 5.74) is 6.03. The molecule has 0 aromatic rings. The number of rotatable bonds is 3. The van der Waals surface area contributed by atoms with Crippen molar-refractivity contribution < 1.29 is 0 Å². The first-order chi connectivity index (χ1) is 6.05. The third-order valence-corrected chi connectivity index (χ3v) is 3.20. The summed E-state index contributed by atoms with van der Waals surface area (Å²) in [6, 6.07) is 0.496. The van der Waals surface area contributed by atoms with Crippen LogP contribution in [0.15, 0.2) is 4.99 Å². The molecule has 2 N–H and O–H groups in total. The van der Waals surface area contributed by atoms with Gasteiger partial charge in [0.05, 0.1) is 12.1 Å². The quantitative estimate of drug-likeness (QED) is 0.722. The molecule has 3 nitrogen and oxygen atoms in total. The van der Waals surface area contributed by atoms with Crippen molar-refractivity contribution in [3.63, 3.8) is 0 Å². The second-order valence-electron chi connectivity index (χ2n) is 4.15. The monoisotopic (exact) mass is 183 g/mol. The van der Waals surface area contributed by atoms with Crippen LogP contribution < -0.4 is 5.73 Å². The lowest BCUT2D eigenvalue weighted by Gasteiger charge is -2.39. The van der Waals surface area contributed by atoms with Gasteiger partial charge in [-0.15, -0.1) is 0 Å². The van der Waals surface area contributed by atoms with Gasteiger partial charge in [0.2, 0.25) is 0 Å². The number of hydrogen-bond acceptors (Lipinski definition) is 3. The van der Waals surface area contributed by atoms with Crippen molar-refractivity contribution in [2.45, 2.75) is 52.1 Å². The summed E-state index contributed by atoms with van der Waals surface area (Å²) >= 11 is 0. The van der Waals surface area contributed by atoms with Gasteiger partial charge in [-0.25, -0.2) is 0 Å². The average molecular weight is 183 g/mol. The Morgan fingerprint density at radius 1 is 1.62 bits per heavy atom. The number of hydrogen-bond donors (Lipinski definition) is 1. The minimum atomic E-state index is 0.152. The molecule has 0 fully saturated rings. The number of nitrogens with zero attached hydrogens (tertiary/aromatic N) is 2. The van der Waals surface area contributed by atoms with Crippen LogP contribution in [0.1, 0.15) is 40.5 Å². The van der Waals surface area contributed by atoms with E-state index in [4.69, 9.17) is 5.73 Å². The summed E-state index contributed by atoms with van der Waals surface area (Å²) in [5.74, 6) is 0.721. The zero-order valence-corrected chi connectivity index (χ0v) is 9.17. The predicted octanol–water partition coefficient (Wildman–Crippen LogP) is 1.58. The molecule has 2 atom stereocenters. The van der Waals surface area contributed by atoms with Gasteiger partial charge >= 0.3 is 0 Å². The van der Waals surface area contributed by atoms with Crippen molar-refractivity contribution in [2.24, 2.45) is 10.7 Å². The Labute approximate surface area is 81.0 Å². The smallest absolute Gasteiger partial charge is 0.192 e. The number of nitrogens with two attached hydrogens (primary N) is 1. The van der Waals surface area contributed by atoms with E-state index in [1.54, 1.807) is 0 Å². The van der Waals surface area contributed by atoms with E-state index in [1.165, 1.54) is 0 Å². The second kappa shape index (κ2) is 3.56. The molecule has 2 unspecified atom stereocenters. The first-order valence-electron chi connectivity index (χ1n) is 5.14. The molecule has 0 aromatic heterocycles. The largest absolute Gasteiger partial charge is 0.370 e. The first kappa shape index (κ1) is 10.4. The molecule has 1 rings (SSSR count). The van der Waals surface area contributed by atoms with Gasteiger partial charge in [-0.3, -0.25) is 4.99 Å². The molecule has 1 heterocycles. The van der Waals surface area contributed by atoms with Crippen molar-refractivity contribution in [1.29, 1.82) is 0 Å². The third kappa shape index (κ3) is 1.64. The molecule has 1 aliphatic rings. The van der Waals surface area contributed by atoms with Crippen LogP contribution in [-0.2, 0) is 0 Å². The zero-order chi connectivity index (χ0) is 10.1. The Morgan fingerprint density at radius 2 is 2.23 bits per heavy atom. The molecule has 0 spiro atoms. The molecule has 0 saturated carbocycles. The minimum Gasteiger partial charge on any atom is -0.370 e. The van der Waals surface area contributed by atoms with Crippen molar-refractivity contribution in [3.05, 3.63) is 0 Å². The summed E-state index contributed by atoms with van der Waals surface area (Å²) in [7, 11) is 0. The van der Waals surface area contributed by atoms with Crippen LogP contribution in [0.3, 0.4) is 0 Å². The average Bonchev–Trinajstić information content (AvgIpc) is 2.43. The van der Waals surface area contributed by atoms with Gasteiger partial charge in [-0.1, -0.05) is 13.8 Å². The first-order valence-corrected chi connectivity index (χ1v) is 5.14. The third-order valence-electron chi connectivity index (χ3n) is 3.20. The van der Waals surface area contributed by atoms with E-state index in [9.17, 15) is 0 Å². The van der Waals surface area contributed by atoms with Crippen LogP contribution in [0.5, 0.6) is 0 Å². The molecule has 0 amide bonds. The lowest BCUT2D eigenvalue weighted by Crippen LogP contribution is -2.53. The maximum atomic E-state index is 5.88. The lowest BCUT2D eigenvalue weighted by atomic mass is 9.96. The molecule has 76 valence electrons. The van der Waals surface area contributed by atoms with Gasteiger partial charge in [0, 0.05) is 6.04 Å². The summed E-state index contributed by atoms with van der Waals surface area (Å²) in [6.07, 6.45) is 2.22. The molecule has 1 aliphatic heterocycles. The fraction of sp³-hybridized carbons (Fsp3) is 0.900. The van der Waals surface area contributed by atoms with Gasteiger partial charge in [-0.2, -0.15) is 0 Å². The van der Waals surface area contributed by atoms with Crippen molar-refractivity contribution >= 4 is 5.96 Å². The molecule has 0 aliphatic carbocycles. The molecular weight excluding hydrogens is 162 g/mol. The van der Waals surface area contributed by atoms with Crippen LogP contribution >= 0.6 is 0 Å². The predicted molar refractivity (Wildman–Crippen MR) is 56.8 cm³/mol. The van der Waals surface area contributed by atoms with Crippen LogP contribution in [0.4, 0.5) is 0 Å². The van der Waals surface area contributed by atoms with E-state index < -0.39 is 0 Å². The van der Waals surface area contributed by atoms with Crippen LogP contribution in [0, 0.1) is 0 Å². The van der Waals surface area contributed by atoms with Crippen molar-refractivity contribution in [2.75, 3.05) is 6.54 Å². The number of guanidine groups is 1. The fourth-order valence-corrected chi connectivity index (χ4v) is 1.90. The maximum Gasteiger partial charge on any atom is 0.192 e. The van der Waals surface area contributed by atoms with Gasteiger partial charge in [-0.05, 0) is 26.7 Å². The van der Waals surface area contributed by atoms with E-state index in [1.807, 2.05) is 0 Å². The zero-order valence-electron chi connectivity index (χ0n) is 9.17. The van der Waals surface area contributed by atoms with Crippen LogP contribution in [-0.4, -0.2) is 29.0 Å². The molecule has 0 aromatic carbocycles. The molecule has 3 heteroatoms. The van der Waals surface area contributed by atoms with E-state index in [0.29, 0.717) is 6.04 Å². The van der Waals surface area contributed by atoms with Crippen molar-refractivity contribution in [3.8, 4) is 0 Å². The highest BCUT2D eigenvalue weighted by Crippen LogP contribution is 2.27. The minimum absolute atomic E-state index is 0.152.